The van der Waals surface area contributed by atoms with Crippen LogP contribution in [0.5, 0.6) is 0 Å². The molecule has 7 aromatic rings. The first-order valence-electron chi connectivity index (χ1n) is 16.6. The van der Waals surface area contributed by atoms with Gasteiger partial charge in [-0.05, 0) is 89.8 Å². The normalized spacial score (nSPS) is 12.7. The second kappa shape index (κ2) is 11.0. The third-order valence-electron chi connectivity index (χ3n) is 9.84. The van der Waals surface area contributed by atoms with Crippen molar-refractivity contribution in [1.29, 1.82) is 0 Å². The monoisotopic (exact) mass is 634 g/mol. The Morgan fingerprint density at radius 1 is 0.457 bits per heavy atom. The number of rotatable bonds is 6. The van der Waals surface area contributed by atoms with Gasteiger partial charge in [-0.25, -0.2) is 4.39 Å². The molecule has 0 nitrogen and oxygen atoms in total. The molecule has 0 radical (unpaired) electrons. The summed E-state index contributed by atoms with van der Waals surface area (Å²) in [6.45, 7) is 18.9. The van der Waals surface area contributed by atoms with E-state index in [1.165, 1.54) is 59.6 Å². The summed E-state index contributed by atoms with van der Waals surface area (Å²) >= 11 is 0. The molecule has 0 amide bonds. The Labute approximate surface area is 275 Å². The van der Waals surface area contributed by atoms with Gasteiger partial charge in [0.2, 0.25) is 0 Å². The average Bonchev–Trinajstić information content (AvgIpc) is 3.02. The maximum atomic E-state index is 15.6. The molecule has 0 bridgehead atoms. The number of benzene rings is 7. The van der Waals surface area contributed by atoms with Gasteiger partial charge in [-0.3, -0.25) is 0 Å². The highest BCUT2D eigenvalue weighted by molar-refractivity contribution is 6.89. The minimum atomic E-state index is -1.46. The first-order valence-corrected chi connectivity index (χ1v) is 23.6. The SMILES string of the molecule is CC(C)c1cc2c(-c3ccc([Si](C)(C)C)cc3)cc(-c3ccccc3F)c3ccc4c(-c5ccc([Si](C)(C)C)cc5)ccc1c4c23. The second-order valence-corrected chi connectivity index (χ2v) is 25.5. The molecule has 0 aliphatic rings. The molecule has 46 heavy (non-hydrogen) atoms. The van der Waals surface area contributed by atoms with Crippen molar-refractivity contribution < 1.29 is 4.39 Å². The molecule has 0 heterocycles. The predicted molar refractivity (Wildman–Crippen MR) is 206 cm³/mol. The van der Waals surface area contributed by atoms with Gasteiger partial charge in [0.1, 0.15) is 5.82 Å². The zero-order chi connectivity index (χ0) is 32.5. The summed E-state index contributed by atoms with van der Waals surface area (Å²) in [5, 5.41) is 10.3. The first-order chi connectivity index (χ1) is 21.8. The van der Waals surface area contributed by atoms with Crippen molar-refractivity contribution in [3.05, 3.63) is 121 Å². The first kappa shape index (κ1) is 30.6. The lowest BCUT2D eigenvalue weighted by Gasteiger charge is -2.23. The highest BCUT2D eigenvalue weighted by Gasteiger charge is 2.23. The van der Waals surface area contributed by atoms with E-state index in [0.29, 0.717) is 11.5 Å². The lowest BCUT2D eigenvalue weighted by Crippen LogP contribution is -2.37. The average molecular weight is 635 g/mol. The van der Waals surface area contributed by atoms with Crippen molar-refractivity contribution in [3.8, 4) is 33.4 Å². The van der Waals surface area contributed by atoms with Crippen LogP contribution < -0.4 is 10.4 Å². The molecule has 0 N–H and O–H groups in total. The van der Waals surface area contributed by atoms with Gasteiger partial charge < -0.3 is 0 Å². The Balaban J connectivity index is 1.61. The number of halogens is 1. The Morgan fingerprint density at radius 3 is 1.50 bits per heavy atom. The summed E-state index contributed by atoms with van der Waals surface area (Å²) in [7, 11) is -2.87. The molecule has 0 aromatic heterocycles. The van der Waals surface area contributed by atoms with Gasteiger partial charge in [0.05, 0.1) is 16.1 Å². The highest BCUT2D eigenvalue weighted by Crippen LogP contribution is 2.48. The van der Waals surface area contributed by atoms with Crippen molar-refractivity contribution in [2.75, 3.05) is 0 Å². The van der Waals surface area contributed by atoms with E-state index in [9.17, 15) is 0 Å². The van der Waals surface area contributed by atoms with Crippen LogP contribution in [0.3, 0.4) is 0 Å². The molecular weight excluding hydrogens is 592 g/mol. The van der Waals surface area contributed by atoms with Crippen LogP contribution in [0, 0.1) is 5.82 Å². The molecule has 0 atom stereocenters. The second-order valence-electron chi connectivity index (χ2n) is 15.3. The van der Waals surface area contributed by atoms with Crippen molar-refractivity contribution in [2.45, 2.75) is 59.0 Å². The Morgan fingerprint density at radius 2 is 0.957 bits per heavy atom. The molecule has 0 aliphatic heterocycles. The minimum absolute atomic E-state index is 0.191. The summed E-state index contributed by atoms with van der Waals surface area (Å²) in [4.78, 5) is 0. The van der Waals surface area contributed by atoms with E-state index in [-0.39, 0.29) is 5.82 Å². The van der Waals surface area contributed by atoms with Crippen molar-refractivity contribution in [1.82, 2.24) is 0 Å². The van der Waals surface area contributed by atoms with Crippen molar-refractivity contribution in [2.24, 2.45) is 0 Å². The minimum Gasteiger partial charge on any atom is -0.206 e. The van der Waals surface area contributed by atoms with Gasteiger partial charge in [-0.1, -0.05) is 154 Å². The molecule has 230 valence electrons. The summed E-state index contributed by atoms with van der Waals surface area (Å²) < 4.78 is 15.6. The number of hydrogen-bond donors (Lipinski definition) is 0. The van der Waals surface area contributed by atoms with Gasteiger partial charge in [0.15, 0.2) is 0 Å². The van der Waals surface area contributed by atoms with E-state index >= 15 is 4.39 Å². The van der Waals surface area contributed by atoms with E-state index < -0.39 is 16.1 Å². The zero-order valence-corrected chi connectivity index (χ0v) is 30.3. The van der Waals surface area contributed by atoms with Crippen LogP contribution in [0.25, 0.3) is 65.7 Å². The Hall–Kier alpha value is -4.06. The van der Waals surface area contributed by atoms with Crippen LogP contribution in [-0.2, 0) is 0 Å². The molecule has 0 aliphatic carbocycles. The van der Waals surface area contributed by atoms with Crippen LogP contribution in [0.4, 0.5) is 4.39 Å². The van der Waals surface area contributed by atoms with Crippen LogP contribution in [0.1, 0.15) is 25.3 Å². The zero-order valence-electron chi connectivity index (χ0n) is 28.3. The maximum absolute atomic E-state index is 15.6. The predicted octanol–water partition coefficient (Wildman–Crippen LogP) is 11.9. The molecule has 0 fully saturated rings. The molecule has 3 heteroatoms. The van der Waals surface area contributed by atoms with E-state index in [1.54, 1.807) is 12.1 Å². The molecule has 0 unspecified atom stereocenters. The van der Waals surface area contributed by atoms with Crippen LogP contribution >= 0.6 is 0 Å². The molecular formula is C43H43FSi2. The standard InChI is InChI=1S/C43H43FSi2/c1-27(2)37-25-40-38(29-15-19-31(20-16-29)46(6,7)8)26-39(33-11-9-10-12-41(33)44)36-24-23-34-32(21-22-35(37)42(34)43(36)40)28-13-17-30(18-14-28)45(3,4)5/h9-27H,1-8H3. The van der Waals surface area contributed by atoms with E-state index in [4.69, 9.17) is 0 Å². The van der Waals surface area contributed by atoms with Gasteiger partial charge in [0, 0.05) is 5.56 Å². The van der Waals surface area contributed by atoms with Gasteiger partial charge in [0.25, 0.3) is 0 Å². The lowest BCUT2D eigenvalue weighted by molar-refractivity contribution is 0.631. The van der Waals surface area contributed by atoms with Crippen molar-refractivity contribution in [3.63, 3.8) is 0 Å². The van der Waals surface area contributed by atoms with Gasteiger partial charge >= 0.3 is 0 Å². The fourth-order valence-electron chi connectivity index (χ4n) is 7.18. The van der Waals surface area contributed by atoms with Crippen LogP contribution in [-0.4, -0.2) is 16.1 Å². The Bertz CT molecular complexity index is 2230. The van der Waals surface area contributed by atoms with Gasteiger partial charge in [-0.15, -0.1) is 0 Å². The number of hydrogen-bond acceptors (Lipinski definition) is 0. The quantitative estimate of drug-likeness (QED) is 0.126. The Kier molecular flexibility index (Phi) is 7.34. The summed E-state index contributed by atoms with van der Waals surface area (Å²) in [5.74, 6) is 0.158. The third kappa shape index (κ3) is 5.10. The molecule has 0 spiro atoms. The van der Waals surface area contributed by atoms with E-state index in [1.807, 2.05) is 12.1 Å². The van der Waals surface area contributed by atoms with Gasteiger partial charge in [-0.2, -0.15) is 0 Å². The highest BCUT2D eigenvalue weighted by atomic mass is 28.3. The lowest BCUT2D eigenvalue weighted by atomic mass is 9.81. The topological polar surface area (TPSA) is 0 Å². The van der Waals surface area contributed by atoms with E-state index in [2.05, 4.69) is 138 Å². The molecule has 7 rings (SSSR count). The van der Waals surface area contributed by atoms with Crippen LogP contribution in [0.2, 0.25) is 39.3 Å². The fourth-order valence-corrected chi connectivity index (χ4v) is 9.51. The summed E-state index contributed by atoms with van der Waals surface area (Å²) in [6.07, 6.45) is 0. The molecule has 0 saturated carbocycles. The molecule has 7 aromatic carbocycles. The third-order valence-corrected chi connectivity index (χ3v) is 14.0. The largest absolute Gasteiger partial charge is 0.206 e. The maximum Gasteiger partial charge on any atom is 0.131 e. The van der Waals surface area contributed by atoms with Crippen LogP contribution in [0.15, 0.2) is 109 Å². The summed E-state index contributed by atoms with van der Waals surface area (Å²) in [6, 6.07) is 39.5. The molecule has 0 saturated heterocycles. The van der Waals surface area contributed by atoms with E-state index in [0.717, 1.165) is 16.5 Å². The fraction of sp³-hybridized carbons (Fsp3) is 0.209. The summed E-state index contributed by atoms with van der Waals surface area (Å²) in [5.41, 5.74) is 7.76. The van der Waals surface area contributed by atoms with Crippen molar-refractivity contribution >= 4 is 58.8 Å². The smallest absolute Gasteiger partial charge is 0.131 e.